The van der Waals surface area contributed by atoms with E-state index in [1.165, 1.54) is 12.1 Å². The van der Waals surface area contributed by atoms with Gasteiger partial charge in [-0.25, -0.2) is 0 Å². The molecule has 0 fully saturated rings. The molecule has 3 nitrogen and oxygen atoms in total. The van der Waals surface area contributed by atoms with E-state index in [4.69, 9.17) is 4.74 Å². The molecule has 3 rings (SSSR count). The molecule has 6 heteroatoms. The minimum absolute atomic E-state index is 0.195. The summed E-state index contributed by atoms with van der Waals surface area (Å²) in [6.07, 6.45) is -4.40. The Balaban J connectivity index is 1.63. The van der Waals surface area contributed by atoms with E-state index in [2.05, 4.69) is 5.32 Å². The fraction of sp³-hybridized carbons (Fsp3) is 0.105. The number of carbonyl (C=O) groups is 1. The maximum Gasteiger partial charge on any atom is 0.416 e. The first-order valence-electron chi connectivity index (χ1n) is 7.51. The van der Waals surface area contributed by atoms with Crippen molar-refractivity contribution in [2.45, 2.75) is 6.18 Å². The van der Waals surface area contributed by atoms with Crippen molar-refractivity contribution in [1.82, 2.24) is 0 Å². The topological polar surface area (TPSA) is 38.3 Å². The molecule has 128 valence electrons. The van der Waals surface area contributed by atoms with Crippen LogP contribution in [0.1, 0.15) is 5.56 Å². The number of alkyl halides is 3. The SMILES string of the molecule is O=C(COc1ccc(C(F)(F)F)cc1)Nc1cccc2ccccc12. The second-order valence-corrected chi connectivity index (χ2v) is 5.39. The average molecular weight is 345 g/mol. The Morgan fingerprint density at radius 2 is 1.60 bits per heavy atom. The van der Waals surface area contributed by atoms with Crippen LogP contribution in [0.4, 0.5) is 18.9 Å². The standard InChI is InChI=1S/C19H14F3NO2/c20-19(21,22)14-8-10-15(11-9-14)25-12-18(24)23-17-7-3-5-13-4-1-2-6-16(13)17/h1-11H,12H2,(H,23,24). The van der Waals surface area contributed by atoms with Crippen molar-refractivity contribution in [3.05, 3.63) is 72.3 Å². The molecule has 1 amide bonds. The summed E-state index contributed by atoms with van der Waals surface area (Å²) in [5, 5.41) is 4.63. The number of nitrogens with one attached hydrogen (secondary N) is 1. The van der Waals surface area contributed by atoms with Gasteiger partial charge in [0.15, 0.2) is 6.61 Å². The lowest BCUT2D eigenvalue weighted by atomic mass is 10.1. The Morgan fingerprint density at radius 1 is 0.920 bits per heavy atom. The maximum atomic E-state index is 12.5. The van der Waals surface area contributed by atoms with Gasteiger partial charge in [0, 0.05) is 11.1 Å². The van der Waals surface area contributed by atoms with Gasteiger partial charge in [-0.05, 0) is 35.7 Å². The molecule has 0 radical (unpaired) electrons. The van der Waals surface area contributed by atoms with Gasteiger partial charge < -0.3 is 10.1 Å². The quantitative estimate of drug-likeness (QED) is 0.732. The smallest absolute Gasteiger partial charge is 0.416 e. The molecule has 1 N–H and O–H groups in total. The minimum atomic E-state index is -4.40. The highest BCUT2D eigenvalue weighted by molar-refractivity contribution is 6.02. The third-order valence-electron chi connectivity index (χ3n) is 3.62. The molecule has 0 unspecified atom stereocenters. The molecule has 0 saturated heterocycles. The molecule has 0 bridgehead atoms. The van der Waals surface area contributed by atoms with Gasteiger partial charge in [0.1, 0.15) is 5.75 Å². The number of benzene rings is 3. The summed E-state index contributed by atoms with van der Waals surface area (Å²) >= 11 is 0. The Kier molecular flexibility index (Phi) is 4.61. The van der Waals surface area contributed by atoms with Gasteiger partial charge >= 0.3 is 6.18 Å². The number of rotatable bonds is 4. The van der Waals surface area contributed by atoms with Crippen molar-refractivity contribution in [3.8, 4) is 5.75 Å². The summed E-state index contributed by atoms with van der Waals surface area (Å²) in [6, 6.07) is 17.3. The predicted octanol–water partition coefficient (Wildman–Crippen LogP) is 4.88. The zero-order valence-electron chi connectivity index (χ0n) is 13.0. The second kappa shape index (κ2) is 6.84. The highest BCUT2D eigenvalue weighted by Gasteiger charge is 2.30. The van der Waals surface area contributed by atoms with Crippen LogP contribution >= 0.6 is 0 Å². The van der Waals surface area contributed by atoms with Crippen LogP contribution < -0.4 is 10.1 Å². The van der Waals surface area contributed by atoms with E-state index >= 15 is 0 Å². The lowest BCUT2D eigenvalue weighted by Gasteiger charge is -2.11. The lowest BCUT2D eigenvalue weighted by molar-refractivity contribution is -0.137. The third-order valence-corrected chi connectivity index (χ3v) is 3.62. The van der Waals surface area contributed by atoms with Crippen LogP contribution in [-0.4, -0.2) is 12.5 Å². The number of hydrogen-bond acceptors (Lipinski definition) is 2. The third kappa shape index (κ3) is 4.09. The van der Waals surface area contributed by atoms with Crippen molar-refractivity contribution in [3.63, 3.8) is 0 Å². The van der Waals surface area contributed by atoms with Gasteiger partial charge in [-0.2, -0.15) is 13.2 Å². The van der Waals surface area contributed by atoms with Crippen LogP contribution in [0.5, 0.6) is 5.75 Å². The van der Waals surface area contributed by atoms with E-state index in [-0.39, 0.29) is 12.4 Å². The molecule has 0 aliphatic heterocycles. The van der Waals surface area contributed by atoms with E-state index < -0.39 is 17.6 Å². The van der Waals surface area contributed by atoms with Crippen molar-refractivity contribution < 1.29 is 22.7 Å². The van der Waals surface area contributed by atoms with Crippen molar-refractivity contribution in [1.29, 1.82) is 0 Å². The number of carbonyl (C=O) groups excluding carboxylic acids is 1. The molecule has 0 aliphatic carbocycles. The van der Waals surface area contributed by atoms with Crippen LogP contribution in [-0.2, 0) is 11.0 Å². The number of hydrogen-bond donors (Lipinski definition) is 1. The summed E-state index contributed by atoms with van der Waals surface area (Å²) in [4.78, 5) is 12.0. The monoisotopic (exact) mass is 345 g/mol. The van der Waals surface area contributed by atoms with Gasteiger partial charge in [0.05, 0.1) is 5.56 Å². The number of anilines is 1. The molecule has 0 heterocycles. The highest BCUT2D eigenvalue weighted by Crippen LogP contribution is 2.30. The predicted molar refractivity (Wildman–Crippen MR) is 89.5 cm³/mol. The van der Waals surface area contributed by atoms with E-state index in [1.54, 1.807) is 6.07 Å². The van der Waals surface area contributed by atoms with Crippen LogP contribution in [0, 0.1) is 0 Å². The van der Waals surface area contributed by atoms with E-state index in [0.717, 1.165) is 22.9 Å². The van der Waals surface area contributed by atoms with Crippen LogP contribution in [0.15, 0.2) is 66.7 Å². The summed E-state index contributed by atoms with van der Waals surface area (Å²) in [6.45, 7) is -0.297. The largest absolute Gasteiger partial charge is 0.484 e. The number of amides is 1. The van der Waals surface area contributed by atoms with Crippen LogP contribution in [0.2, 0.25) is 0 Å². The molecule has 0 spiro atoms. The molecule has 3 aromatic rings. The first-order chi connectivity index (χ1) is 11.9. The lowest BCUT2D eigenvalue weighted by Crippen LogP contribution is -2.20. The van der Waals surface area contributed by atoms with E-state index in [9.17, 15) is 18.0 Å². The summed E-state index contributed by atoms with van der Waals surface area (Å²) in [5.74, 6) is -0.197. The fourth-order valence-corrected chi connectivity index (χ4v) is 2.41. The summed E-state index contributed by atoms with van der Waals surface area (Å²) in [5.41, 5.74) is -0.112. The first-order valence-corrected chi connectivity index (χ1v) is 7.51. The molecule has 25 heavy (non-hydrogen) atoms. The van der Waals surface area contributed by atoms with Gasteiger partial charge in [-0.1, -0.05) is 36.4 Å². The van der Waals surface area contributed by atoms with Crippen LogP contribution in [0.3, 0.4) is 0 Å². The Morgan fingerprint density at radius 3 is 2.32 bits per heavy atom. The molecule has 3 aromatic carbocycles. The zero-order chi connectivity index (χ0) is 17.9. The Labute approximate surface area is 142 Å². The zero-order valence-corrected chi connectivity index (χ0v) is 13.0. The van der Waals surface area contributed by atoms with Gasteiger partial charge in [-0.15, -0.1) is 0 Å². The molecule has 0 aliphatic rings. The van der Waals surface area contributed by atoms with Gasteiger partial charge in [0.2, 0.25) is 0 Å². The van der Waals surface area contributed by atoms with Crippen LogP contribution in [0.25, 0.3) is 10.8 Å². The van der Waals surface area contributed by atoms with E-state index in [0.29, 0.717) is 5.69 Å². The van der Waals surface area contributed by atoms with E-state index in [1.807, 2.05) is 36.4 Å². The molecular weight excluding hydrogens is 331 g/mol. The normalized spacial score (nSPS) is 11.3. The number of halogens is 3. The first kappa shape index (κ1) is 16.8. The van der Waals surface area contributed by atoms with Crippen molar-refractivity contribution in [2.24, 2.45) is 0 Å². The average Bonchev–Trinajstić information content (AvgIpc) is 2.60. The van der Waals surface area contributed by atoms with Crippen molar-refractivity contribution in [2.75, 3.05) is 11.9 Å². The Hall–Kier alpha value is -3.02. The number of fused-ring (bicyclic) bond motifs is 1. The summed E-state index contributed by atoms with van der Waals surface area (Å²) in [7, 11) is 0. The molecule has 0 saturated carbocycles. The maximum absolute atomic E-state index is 12.5. The molecular formula is C19H14F3NO2. The molecule has 0 aromatic heterocycles. The Bertz CT molecular complexity index is 884. The fourth-order valence-electron chi connectivity index (χ4n) is 2.41. The van der Waals surface area contributed by atoms with Crippen molar-refractivity contribution >= 4 is 22.4 Å². The second-order valence-electron chi connectivity index (χ2n) is 5.39. The molecule has 0 atom stereocenters. The van der Waals surface area contributed by atoms with Gasteiger partial charge in [-0.3, -0.25) is 4.79 Å². The highest BCUT2D eigenvalue weighted by atomic mass is 19.4. The minimum Gasteiger partial charge on any atom is -0.484 e. The number of ether oxygens (including phenoxy) is 1. The summed E-state index contributed by atoms with van der Waals surface area (Å²) < 4.78 is 42.7. The van der Waals surface area contributed by atoms with Gasteiger partial charge in [0.25, 0.3) is 5.91 Å².